The highest BCUT2D eigenvalue weighted by Gasteiger charge is 2.57. The lowest BCUT2D eigenvalue weighted by Gasteiger charge is -2.47. The van der Waals surface area contributed by atoms with E-state index in [1.165, 1.54) is 27.1 Å². The summed E-state index contributed by atoms with van der Waals surface area (Å²) in [4.78, 5) is 12.2. The van der Waals surface area contributed by atoms with Gasteiger partial charge in [0, 0.05) is 27.6 Å². The number of esters is 1. The normalized spacial score (nSPS) is 26.4. The molecule has 5 heteroatoms. The molecule has 1 aliphatic heterocycles. The Balaban J connectivity index is 2.24. The van der Waals surface area contributed by atoms with Crippen LogP contribution >= 0.6 is 0 Å². The molecule has 162 valence electrons. The van der Waals surface area contributed by atoms with Gasteiger partial charge in [0.1, 0.15) is 0 Å². The number of carbonyl (C=O) groups excluding carboxylic acids is 1. The lowest BCUT2D eigenvalue weighted by Crippen LogP contribution is -2.64. The lowest BCUT2D eigenvalue weighted by molar-refractivity contribution is -0.406. The van der Waals surface area contributed by atoms with Crippen molar-refractivity contribution in [1.29, 1.82) is 0 Å². The van der Waals surface area contributed by atoms with Crippen molar-refractivity contribution in [2.24, 2.45) is 0 Å². The van der Waals surface area contributed by atoms with Crippen molar-refractivity contribution in [3.63, 3.8) is 0 Å². The number of carbonyl (C=O) groups is 1. The summed E-state index contributed by atoms with van der Waals surface area (Å²) < 4.78 is 22.1. The number of allylic oxidation sites excluding steroid dienone is 2. The maximum atomic E-state index is 12.2. The van der Waals surface area contributed by atoms with Gasteiger partial charge in [-0.15, -0.1) is 0 Å². The van der Waals surface area contributed by atoms with Crippen LogP contribution in [0.4, 0.5) is 0 Å². The summed E-state index contributed by atoms with van der Waals surface area (Å²) in [5.41, 5.74) is 0. The highest BCUT2D eigenvalue weighted by molar-refractivity contribution is 5.75. The van der Waals surface area contributed by atoms with Gasteiger partial charge < -0.3 is 18.9 Å². The Bertz CT molecular complexity index is 648. The maximum absolute atomic E-state index is 12.2. The Kier molecular flexibility index (Phi) is 11.7. The number of hydrogen-bond acceptors (Lipinski definition) is 5. The summed E-state index contributed by atoms with van der Waals surface area (Å²) in [6, 6.07) is 0. The van der Waals surface area contributed by atoms with Crippen LogP contribution in [-0.4, -0.2) is 37.9 Å². The first kappa shape index (κ1) is 25.2. The molecular formula is C24H36O5. The zero-order valence-electron chi connectivity index (χ0n) is 18.6. The molecule has 0 aliphatic carbocycles. The van der Waals surface area contributed by atoms with Gasteiger partial charge in [-0.1, -0.05) is 50.5 Å². The first-order chi connectivity index (χ1) is 13.9. The zero-order valence-corrected chi connectivity index (χ0v) is 18.6. The third-order valence-corrected chi connectivity index (χ3v) is 5.20. The molecular weight excluding hydrogens is 368 g/mol. The van der Waals surface area contributed by atoms with Gasteiger partial charge >= 0.3 is 5.97 Å². The van der Waals surface area contributed by atoms with E-state index in [0.717, 1.165) is 38.5 Å². The highest BCUT2D eigenvalue weighted by atomic mass is 16.8. The van der Waals surface area contributed by atoms with Gasteiger partial charge in [-0.05, 0) is 50.5 Å². The Labute approximate surface area is 176 Å². The van der Waals surface area contributed by atoms with Crippen LogP contribution in [0.1, 0.15) is 78.6 Å². The van der Waals surface area contributed by atoms with Crippen LogP contribution in [-0.2, 0) is 23.7 Å². The second kappa shape index (κ2) is 13.4. The number of hydrogen-bond donors (Lipinski definition) is 0. The number of methoxy groups -OCH3 is 2. The molecule has 29 heavy (non-hydrogen) atoms. The van der Waals surface area contributed by atoms with Crippen molar-refractivity contribution < 1.29 is 23.7 Å². The minimum atomic E-state index is -1.26. The third-order valence-electron chi connectivity index (χ3n) is 5.20. The molecule has 1 aliphatic rings. The summed E-state index contributed by atoms with van der Waals surface area (Å²) >= 11 is 0. The quantitative estimate of drug-likeness (QED) is 0.283. The topological polar surface area (TPSA) is 54.0 Å². The van der Waals surface area contributed by atoms with Gasteiger partial charge in [0.15, 0.2) is 6.10 Å². The average Bonchev–Trinajstić information content (AvgIpc) is 2.71. The van der Waals surface area contributed by atoms with Crippen LogP contribution in [0.15, 0.2) is 12.2 Å². The smallest absolute Gasteiger partial charge is 0.338 e. The molecule has 0 bridgehead atoms. The van der Waals surface area contributed by atoms with Crippen LogP contribution in [0.3, 0.4) is 0 Å². The molecule has 1 fully saturated rings. The lowest BCUT2D eigenvalue weighted by atomic mass is 10.0. The maximum Gasteiger partial charge on any atom is 0.338 e. The number of rotatable bonds is 11. The van der Waals surface area contributed by atoms with Crippen LogP contribution in [0.5, 0.6) is 0 Å². The van der Waals surface area contributed by atoms with E-state index in [2.05, 4.69) is 36.7 Å². The van der Waals surface area contributed by atoms with E-state index in [1.54, 1.807) is 13.8 Å². The van der Waals surface area contributed by atoms with Crippen molar-refractivity contribution in [1.82, 2.24) is 0 Å². The van der Waals surface area contributed by atoms with E-state index in [4.69, 9.17) is 18.9 Å². The van der Waals surface area contributed by atoms with Gasteiger partial charge in [-0.25, -0.2) is 4.79 Å². The minimum Gasteiger partial charge on any atom is -0.425 e. The molecule has 0 radical (unpaired) electrons. The second-order valence-electron chi connectivity index (χ2n) is 7.40. The van der Waals surface area contributed by atoms with E-state index in [-0.39, 0.29) is 0 Å². The van der Waals surface area contributed by atoms with Gasteiger partial charge in [-0.3, -0.25) is 0 Å². The van der Waals surface area contributed by atoms with E-state index in [1.807, 2.05) is 6.08 Å². The molecule has 0 aromatic rings. The van der Waals surface area contributed by atoms with Gasteiger partial charge in [0.05, 0.1) is 0 Å². The van der Waals surface area contributed by atoms with E-state index < -0.39 is 23.6 Å². The average molecular weight is 405 g/mol. The number of ether oxygens (including phenoxy) is 4. The summed E-state index contributed by atoms with van der Waals surface area (Å²) in [6.45, 7) is 5.54. The summed E-state index contributed by atoms with van der Waals surface area (Å²) in [6.07, 6.45) is 12.2. The molecule has 0 spiro atoms. The monoisotopic (exact) mass is 404 g/mol. The van der Waals surface area contributed by atoms with Gasteiger partial charge in [-0.2, -0.15) is 0 Å². The molecule has 3 unspecified atom stereocenters. The molecule has 1 heterocycles. The molecule has 0 aromatic carbocycles. The van der Waals surface area contributed by atoms with Gasteiger partial charge in [0.25, 0.3) is 5.79 Å². The Morgan fingerprint density at radius 3 is 2.48 bits per heavy atom. The van der Waals surface area contributed by atoms with Crippen LogP contribution in [0, 0.1) is 23.7 Å². The fraction of sp³-hybridized carbons (Fsp3) is 0.708. The molecule has 5 nitrogen and oxygen atoms in total. The largest absolute Gasteiger partial charge is 0.425 e. The van der Waals surface area contributed by atoms with Crippen molar-refractivity contribution in [3.05, 3.63) is 12.2 Å². The molecule has 0 N–H and O–H groups in total. The van der Waals surface area contributed by atoms with Crippen LogP contribution in [0.2, 0.25) is 0 Å². The molecule has 1 rings (SSSR count). The van der Waals surface area contributed by atoms with Crippen molar-refractivity contribution in [2.75, 3.05) is 14.2 Å². The predicted molar refractivity (Wildman–Crippen MR) is 114 cm³/mol. The summed E-state index contributed by atoms with van der Waals surface area (Å²) in [7, 11) is 2.98. The Hall–Kier alpha value is -1.79. The molecule has 0 saturated carbocycles. The molecule has 1 saturated heterocycles. The van der Waals surface area contributed by atoms with E-state index in [9.17, 15) is 4.79 Å². The van der Waals surface area contributed by atoms with E-state index in [0.29, 0.717) is 6.42 Å². The standard InChI is InChI=1S/C24H36O5/c1-6-7-8-9-10-11-12-13-14-15-16-17-18-19-20-21-22(25)29-24(3,27-5)23(2,26-4)28-21/h14-15,21H,6-9,16-20H2,1-5H3/b15-14+. The fourth-order valence-corrected chi connectivity index (χ4v) is 2.97. The third kappa shape index (κ3) is 8.23. The van der Waals surface area contributed by atoms with Crippen molar-refractivity contribution in [2.45, 2.75) is 96.2 Å². The summed E-state index contributed by atoms with van der Waals surface area (Å²) in [5, 5.41) is 0. The SMILES string of the molecule is CCCCCC#CC#C/C=C/CCCCCC1OC(C)(OC)C(C)(OC)OC1=O. The van der Waals surface area contributed by atoms with Crippen LogP contribution < -0.4 is 0 Å². The van der Waals surface area contributed by atoms with Gasteiger partial charge in [0.2, 0.25) is 5.79 Å². The minimum absolute atomic E-state index is 0.408. The first-order valence-electron chi connectivity index (χ1n) is 10.6. The van der Waals surface area contributed by atoms with E-state index >= 15 is 0 Å². The number of cyclic esters (lactones) is 1. The molecule has 0 aromatic heterocycles. The predicted octanol–water partition coefficient (Wildman–Crippen LogP) is 4.75. The van der Waals surface area contributed by atoms with Crippen molar-refractivity contribution >= 4 is 5.97 Å². The zero-order chi connectivity index (χ0) is 21.6. The molecule has 0 amide bonds. The van der Waals surface area contributed by atoms with Crippen molar-refractivity contribution in [3.8, 4) is 23.7 Å². The molecule has 3 atom stereocenters. The number of unbranched alkanes of at least 4 members (excludes halogenated alkanes) is 6. The fourth-order valence-electron chi connectivity index (χ4n) is 2.97. The Morgan fingerprint density at radius 2 is 1.79 bits per heavy atom. The second-order valence-corrected chi connectivity index (χ2v) is 7.40. The highest BCUT2D eigenvalue weighted by Crippen LogP contribution is 2.38. The Morgan fingerprint density at radius 1 is 1.03 bits per heavy atom. The summed E-state index contributed by atoms with van der Waals surface area (Å²) in [5.74, 6) is 8.93. The van der Waals surface area contributed by atoms with Crippen LogP contribution in [0.25, 0.3) is 0 Å². The first-order valence-corrected chi connectivity index (χ1v) is 10.6.